The van der Waals surface area contributed by atoms with E-state index in [9.17, 15) is 13.2 Å². The summed E-state index contributed by atoms with van der Waals surface area (Å²) in [5, 5.41) is 6.09. The summed E-state index contributed by atoms with van der Waals surface area (Å²) in [5.41, 5.74) is 0.00318. The third-order valence-electron chi connectivity index (χ3n) is 3.92. The lowest BCUT2D eigenvalue weighted by atomic mass is 10.2. The van der Waals surface area contributed by atoms with Crippen LogP contribution in [0, 0.1) is 0 Å². The smallest absolute Gasteiger partial charge is 0.421 e. The predicted molar refractivity (Wildman–Crippen MR) is 107 cm³/mol. The van der Waals surface area contributed by atoms with Gasteiger partial charge in [0.25, 0.3) is 0 Å². The van der Waals surface area contributed by atoms with Crippen LogP contribution in [0.5, 0.6) is 17.4 Å². The average Bonchev–Trinajstić information content (AvgIpc) is 2.74. The zero-order valence-electron chi connectivity index (χ0n) is 17.0. The summed E-state index contributed by atoms with van der Waals surface area (Å²) in [6.45, 7) is 3.13. The Labute approximate surface area is 173 Å². The fourth-order valence-corrected chi connectivity index (χ4v) is 2.53. The number of halogens is 3. The molecule has 0 unspecified atom stereocenters. The number of benzene rings is 1. The normalized spacial score (nSPS) is 11.7. The second-order valence-corrected chi connectivity index (χ2v) is 6.01. The minimum Gasteiger partial charge on any atom is -0.493 e. The molecule has 0 atom stereocenters. The van der Waals surface area contributed by atoms with Crippen LogP contribution in [0.2, 0.25) is 0 Å². The van der Waals surface area contributed by atoms with E-state index in [1.54, 1.807) is 20.3 Å². The molecular formula is C20H25F3N4O3. The van der Waals surface area contributed by atoms with Gasteiger partial charge in [-0.25, -0.2) is 9.98 Å². The number of hydrogen-bond donors (Lipinski definition) is 2. The van der Waals surface area contributed by atoms with Crippen molar-refractivity contribution in [3.8, 4) is 17.4 Å². The first-order chi connectivity index (χ1) is 14.4. The molecule has 0 saturated heterocycles. The van der Waals surface area contributed by atoms with Crippen molar-refractivity contribution in [2.24, 2.45) is 4.99 Å². The molecule has 0 saturated carbocycles. The van der Waals surface area contributed by atoms with Crippen molar-refractivity contribution < 1.29 is 27.4 Å². The van der Waals surface area contributed by atoms with E-state index < -0.39 is 17.6 Å². The fourth-order valence-electron chi connectivity index (χ4n) is 2.53. The Hall–Kier alpha value is -3.17. The molecular weight excluding hydrogens is 401 g/mol. The molecule has 0 bridgehead atoms. The van der Waals surface area contributed by atoms with Crippen molar-refractivity contribution in [2.45, 2.75) is 19.6 Å². The Morgan fingerprint density at radius 1 is 1.10 bits per heavy atom. The number of pyridine rings is 1. The maximum Gasteiger partial charge on any atom is 0.421 e. The van der Waals surface area contributed by atoms with Gasteiger partial charge in [-0.15, -0.1) is 0 Å². The van der Waals surface area contributed by atoms with E-state index in [2.05, 4.69) is 20.6 Å². The molecule has 1 heterocycles. The lowest BCUT2D eigenvalue weighted by Gasteiger charge is -2.14. The number of ether oxygens (including phenoxy) is 3. The summed E-state index contributed by atoms with van der Waals surface area (Å²) < 4.78 is 54.6. The van der Waals surface area contributed by atoms with E-state index in [0.717, 1.165) is 11.6 Å². The quantitative estimate of drug-likeness (QED) is 0.364. The number of rotatable bonds is 9. The highest BCUT2D eigenvalue weighted by molar-refractivity contribution is 5.79. The minimum absolute atomic E-state index is 0.0130. The zero-order valence-corrected chi connectivity index (χ0v) is 17.0. The topological polar surface area (TPSA) is 77.0 Å². The van der Waals surface area contributed by atoms with E-state index in [1.807, 2.05) is 19.1 Å². The number of alkyl halides is 3. The molecule has 0 spiro atoms. The van der Waals surface area contributed by atoms with Gasteiger partial charge in [-0.05, 0) is 36.8 Å². The van der Waals surface area contributed by atoms with Gasteiger partial charge in [-0.1, -0.05) is 6.07 Å². The van der Waals surface area contributed by atoms with Crippen LogP contribution in [0.3, 0.4) is 0 Å². The molecule has 0 amide bonds. The van der Waals surface area contributed by atoms with E-state index in [-0.39, 0.29) is 13.2 Å². The standard InChI is InChI=1S/C20H25F3N4O3/c1-4-24-19(27-13-14-7-8-16(28-2)17(12-14)29-3)26-10-11-30-18-15(20(21,22)23)6-5-9-25-18/h5-9,12H,4,10-11,13H2,1-3H3,(H2,24,26,27). The lowest BCUT2D eigenvalue weighted by molar-refractivity contribution is -0.139. The number of guanidine groups is 1. The highest BCUT2D eigenvalue weighted by atomic mass is 19.4. The highest BCUT2D eigenvalue weighted by Crippen LogP contribution is 2.34. The van der Waals surface area contributed by atoms with Crippen LogP contribution in [0.4, 0.5) is 13.2 Å². The Morgan fingerprint density at radius 3 is 2.53 bits per heavy atom. The Bertz CT molecular complexity index is 844. The molecule has 1 aromatic heterocycles. The van der Waals surface area contributed by atoms with Gasteiger partial charge in [0.15, 0.2) is 17.5 Å². The summed E-state index contributed by atoms with van der Waals surface area (Å²) in [7, 11) is 3.12. The largest absolute Gasteiger partial charge is 0.493 e. The van der Waals surface area contributed by atoms with Gasteiger partial charge < -0.3 is 24.8 Å². The molecule has 0 radical (unpaired) electrons. The van der Waals surface area contributed by atoms with Crippen LogP contribution in [0.15, 0.2) is 41.5 Å². The van der Waals surface area contributed by atoms with Gasteiger partial charge in [0.2, 0.25) is 5.88 Å². The van der Waals surface area contributed by atoms with Crippen molar-refractivity contribution in [2.75, 3.05) is 33.9 Å². The van der Waals surface area contributed by atoms with Crippen molar-refractivity contribution >= 4 is 5.96 Å². The molecule has 0 fully saturated rings. The van der Waals surface area contributed by atoms with E-state index in [1.165, 1.54) is 12.3 Å². The number of hydrogen-bond acceptors (Lipinski definition) is 5. The molecule has 7 nitrogen and oxygen atoms in total. The molecule has 10 heteroatoms. The molecule has 1 aromatic carbocycles. The second-order valence-electron chi connectivity index (χ2n) is 6.01. The van der Waals surface area contributed by atoms with Gasteiger partial charge in [0.1, 0.15) is 12.2 Å². The Kier molecular flexibility index (Phi) is 8.57. The Morgan fingerprint density at radius 2 is 1.87 bits per heavy atom. The summed E-state index contributed by atoms with van der Waals surface area (Å²) in [6.07, 6.45) is -3.26. The maximum atomic E-state index is 13.0. The van der Waals surface area contributed by atoms with Gasteiger partial charge in [0.05, 0.1) is 27.3 Å². The highest BCUT2D eigenvalue weighted by Gasteiger charge is 2.34. The first-order valence-electron chi connectivity index (χ1n) is 9.27. The third kappa shape index (κ3) is 6.71. The lowest BCUT2D eigenvalue weighted by Crippen LogP contribution is -2.39. The zero-order chi connectivity index (χ0) is 22.0. The number of aliphatic imine (C=N–C) groups is 1. The first-order valence-corrected chi connectivity index (χ1v) is 9.27. The summed E-state index contributed by atoms with van der Waals surface area (Å²) in [4.78, 5) is 8.13. The van der Waals surface area contributed by atoms with Gasteiger partial charge in [-0.2, -0.15) is 13.2 Å². The SMILES string of the molecule is CCNC(=NCc1ccc(OC)c(OC)c1)NCCOc1ncccc1C(F)(F)F. The fraction of sp³-hybridized carbons (Fsp3) is 0.400. The minimum atomic E-state index is -4.52. The maximum absolute atomic E-state index is 13.0. The average molecular weight is 426 g/mol. The van der Waals surface area contributed by atoms with E-state index in [0.29, 0.717) is 30.5 Å². The molecule has 0 aliphatic carbocycles. The van der Waals surface area contributed by atoms with Crippen LogP contribution in [-0.4, -0.2) is 44.9 Å². The molecule has 0 aliphatic rings. The van der Waals surface area contributed by atoms with Gasteiger partial charge in [0, 0.05) is 12.7 Å². The van der Waals surface area contributed by atoms with Crippen molar-refractivity contribution in [3.05, 3.63) is 47.7 Å². The first kappa shape index (κ1) is 23.1. The summed E-state index contributed by atoms with van der Waals surface area (Å²) in [6, 6.07) is 7.65. The molecule has 30 heavy (non-hydrogen) atoms. The Balaban J connectivity index is 1.94. The number of nitrogens with one attached hydrogen (secondary N) is 2. The van der Waals surface area contributed by atoms with Crippen LogP contribution in [-0.2, 0) is 12.7 Å². The summed E-state index contributed by atoms with van der Waals surface area (Å²) >= 11 is 0. The van der Waals surface area contributed by atoms with Crippen LogP contribution in [0.25, 0.3) is 0 Å². The van der Waals surface area contributed by atoms with Gasteiger partial charge >= 0.3 is 6.18 Å². The van der Waals surface area contributed by atoms with Gasteiger partial charge in [-0.3, -0.25) is 0 Å². The summed E-state index contributed by atoms with van der Waals surface area (Å²) in [5.74, 6) is 1.29. The molecule has 2 N–H and O–H groups in total. The number of nitrogens with zero attached hydrogens (tertiary/aromatic N) is 2. The van der Waals surface area contributed by atoms with Crippen molar-refractivity contribution in [1.29, 1.82) is 0 Å². The van der Waals surface area contributed by atoms with Crippen LogP contribution in [0.1, 0.15) is 18.1 Å². The molecule has 0 aliphatic heterocycles. The second kappa shape index (κ2) is 11.1. The van der Waals surface area contributed by atoms with Crippen molar-refractivity contribution in [3.63, 3.8) is 0 Å². The molecule has 2 aromatic rings. The number of aromatic nitrogens is 1. The van der Waals surface area contributed by atoms with Crippen LogP contribution >= 0.6 is 0 Å². The third-order valence-corrected chi connectivity index (χ3v) is 3.92. The van der Waals surface area contributed by atoms with E-state index >= 15 is 0 Å². The molecule has 2 rings (SSSR count). The monoisotopic (exact) mass is 426 g/mol. The van der Waals surface area contributed by atoms with Crippen LogP contribution < -0.4 is 24.8 Å². The predicted octanol–water partition coefficient (Wildman–Crippen LogP) is 3.25. The van der Waals surface area contributed by atoms with E-state index in [4.69, 9.17) is 14.2 Å². The molecule has 164 valence electrons. The number of methoxy groups -OCH3 is 2. The van der Waals surface area contributed by atoms with Crippen molar-refractivity contribution in [1.82, 2.24) is 15.6 Å².